The zero-order chi connectivity index (χ0) is 12.5. The van der Waals surface area contributed by atoms with Gasteiger partial charge in [0.05, 0.1) is 0 Å². The quantitative estimate of drug-likeness (QED) is 0.800. The molecule has 0 aliphatic heterocycles. The number of primary amides is 1. The third kappa shape index (κ3) is 5.69. The van der Waals surface area contributed by atoms with Crippen LogP contribution in [0.3, 0.4) is 0 Å². The molecule has 0 spiro atoms. The second-order valence-corrected chi connectivity index (χ2v) is 3.11. The zero-order valence-corrected chi connectivity index (χ0v) is 10.4. The van der Waals surface area contributed by atoms with Crippen molar-refractivity contribution < 1.29 is 4.79 Å². The Labute approximate surface area is 112 Å². The number of rotatable bonds is 1. The average molecular weight is 261 g/mol. The molecule has 0 aliphatic rings. The molecule has 92 valence electrons. The van der Waals surface area contributed by atoms with E-state index in [0.29, 0.717) is 11.1 Å². The molecule has 2 aromatic rings. The summed E-state index contributed by atoms with van der Waals surface area (Å²) in [5.74, 6) is 1.96. The lowest BCUT2D eigenvalue weighted by Gasteiger charge is -1.94. The molecule has 2 rings (SSSR count). The monoisotopic (exact) mass is 260 g/mol. The highest BCUT2D eigenvalue weighted by Gasteiger charge is 1.98. The largest absolute Gasteiger partial charge is 0.366 e. The van der Waals surface area contributed by atoms with Crippen LogP contribution >= 0.6 is 12.4 Å². The van der Waals surface area contributed by atoms with Crippen LogP contribution in [0.5, 0.6) is 0 Å². The molecule has 1 aromatic heterocycles. The maximum atomic E-state index is 10.6. The molecule has 0 atom stereocenters. The fourth-order valence-electron chi connectivity index (χ4n) is 1.07. The first-order chi connectivity index (χ1) is 8.24. The van der Waals surface area contributed by atoms with Crippen LogP contribution in [0.2, 0.25) is 0 Å². The molecule has 1 heterocycles. The molecule has 0 bridgehead atoms. The van der Waals surface area contributed by atoms with Crippen molar-refractivity contribution in [3.8, 4) is 12.3 Å². The number of hydrogen-bond donors (Lipinski definition) is 1. The summed E-state index contributed by atoms with van der Waals surface area (Å²) in [6.45, 7) is 0. The number of hydrogen-bond acceptors (Lipinski definition) is 2. The van der Waals surface area contributed by atoms with Gasteiger partial charge >= 0.3 is 0 Å². The van der Waals surface area contributed by atoms with Crippen LogP contribution < -0.4 is 5.73 Å². The first-order valence-electron chi connectivity index (χ1n) is 4.95. The number of amides is 1. The highest BCUT2D eigenvalue weighted by atomic mass is 35.5. The normalized spacial score (nSPS) is 7.94. The van der Waals surface area contributed by atoms with Crippen molar-refractivity contribution in [2.45, 2.75) is 0 Å². The number of benzene rings is 1. The Kier molecular flexibility index (Phi) is 7.67. The lowest BCUT2D eigenvalue weighted by atomic mass is 10.1. The van der Waals surface area contributed by atoms with E-state index in [9.17, 15) is 4.79 Å². The molecule has 0 fully saturated rings. The van der Waals surface area contributed by atoms with Gasteiger partial charge < -0.3 is 5.73 Å². The van der Waals surface area contributed by atoms with Gasteiger partial charge in [-0.2, -0.15) is 0 Å². The summed E-state index contributed by atoms with van der Waals surface area (Å²) in [6.07, 6.45) is 8.62. The van der Waals surface area contributed by atoms with Gasteiger partial charge in [0.15, 0.2) is 0 Å². The van der Waals surface area contributed by atoms with Gasteiger partial charge in [0.2, 0.25) is 5.91 Å². The summed E-state index contributed by atoms with van der Waals surface area (Å²) < 4.78 is 0. The van der Waals surface area contributed by atoms with Crippen molar-refractivity contribution in [3.05, 3.63) is 66.0 Å². The fourth-order valence-corrected chi connectivity index (χ4v) is 1.07. The first kappa shape index (κ1) is 15.7. The minimum atomic E-state index is -0.456. The van der Waals surface area contributed by atoms with E-state index >= 15 is 0 Å². The van der Waals surface area contributed by atoms with Crippen molar-refractivity contribution in [1.29, 1.82) is 0 Å². The summed E-state index contributed by atoms with van der Waals surface area (Å²) in [5, 5.41) is 0. The summed E-state index contributed by atoms with van der Waals surface area (Å²) in [5.41, 5.74) is 6.14. The van der Waals surface area contributed by atoms with Gasteiger partial charge in [0, 0.05) is 23.5 Å². The van der Waals surface area contributed by atoms with Gasteiger partial charge in [-0.1, -0.05) is 18.1 Å². The van der Waals surface area contributed by atoms with E-state index in [1.165, 1.54) is 0 Å². The summed E-state index contributed by atoms with van der Waals surface area (Å²) >= 11 is 0. The van der Waals surface area contributed by atoms with E-state index in [0.717, 1.165) is 0 Å². The number of carbonyl (C=O) groups is 1. The van der Waals surface area contributed by atoms with E-state index in [2.05, 4.69) is 10.9 Å². The van der Waals surface area contributed by atoms with Gasteiger partial charge in [-0.05, 0) is 30.3 Å². The lowest BCUT2D eigenvalue weighted by Crippen LogP contribution is -2.10. The van der Waals surface area contributed by atoms with Crippen LogP contribution in [0.1, 0.15) is 15.9 Å². The zero-order valence-electron chi connectivity index (χ0n) is 9.61. The Morgan fingerprint density at radius 1 is 1.17 bits per heavy atom. The van der Waals surface area contributed by atoms with Crippen molar-refractivity contribution >= 4 is 18.3 Å². The predicted octanol–water partition coefficient (Wildman–Crippen LogP) is 2.27. The van der Waals surface area contributed by atoms with Crippen LogP contribution in [-0.4, -0.2) is 10.9 Å². The Morgan fingerprint density at radius 3 is 2.22 bits per heavy atom. The first-order valence-corrected chi connectivity index (χ1v) is 4.95. The maximum absolute atomic E-state index is 10.6. The Hall–Kier alpha value is -2.31. The van der Waals surface area contributed by atoms with E-state index in [4.69, 9.17) is 12.2 Å². The Morgan fingerprint density at radius 2 is 1.83 bits per heavy atom. The second-order valence-electron chi connectivity index (χ2n) is 3.11. The number of carbonyl (C=O) groups excluding carboxylic acids is 1. The summed E-state index contributed by atoms with van der Waals surface area (Å²) in [6, 6.07) is 12.4. The number of nitrogens with two attached hydrogens (primary N) is 1. The SMILES string of the molecule is C#Cc1cccc(C(N)=O)c1.Cl.c1ccncc1. The number of terminal acetylenes is 1. The molecule has 1 aromatic carbocycles. The average Bonchev–Trinajstić information content (AvgIpc) is 2.41. The van der Waals surface area contributed by atoms with Gasteiger partial charge in [-0.3, -0.25) is 9.78 Å². The topological polar surface area (TPSA) is 56.0 Å². The predicted molar refractivity (Wildman–Crippen MR) is 74.4 cm³/mol. The number of aromatic nitrogens is 1. The van der Waals surface area contributed by atoms with E-state index in [1.54, 1.807) is 36.7 Å². The molecular formula is C14H13ClN2O. The number of halogens is 1. The summed E-state index contributed by atoms with van der Waals surface area (Å²) in [4.78, 5) is 14.4. The highest BCUT2D eigenvalue weighted by Crippen LogP contribution is 2.02. The van der Waals surface area contributed by atoms with Gasteiger partial charge in [0.25, 0.3) is 0 Å². The van der Waals surface area contributed by atoms with E-state index in [-0.39, 0.29) is 12.4 Å². The molecule has 0 unspecified atom stereocenters. The van der Waals surface area contributed by atoms with Gasteiger partial charge in [0.1, 0.15) is 0 Å². The van der Waals surface area contributed by atoms with Crippen molar-refractivity contribution in [1.82, 2.24) is 4.98 Å². The van der Waals surface area contributed by atoms with Crippen molar-refractivity contribution in [3.63, 3.8) is 0 Å². The van der Waals surface area contributed by atoms with Crippen LogP contribution in [0.15, 0.2) is 54.9 Å². The van der Waals surface area contributed by atoms with Crippen LogP contribution in [0.4, 0.5) is 0 Å². The highest BCUT2D eigenvalue weighted by molar-refractivity contribution is 5.93. The fraction of sp³-hybridized carbons (Fsp3) is 0. The number of nitrogens with zero attached hydrogens (tertiary/aromatic N) is 1. The van der Waals surface area contributed by atoms with Crippen LogP contribution in [0, 0.1) is 12.3 Å². The molecule has 0 saturated carbocycles. The number of pyridine rings is 1. The molecule has 0 radical (unpaired) electrons. The molecule has 4 heteroatoms. The van der Waals surface area contributed by atoms with Gasteiger partial charge in [-0.15, -0.1) is 18.8 Å². The molecule has 2 N–H and O–H groups in total. The van der Waals surface area contributed by atoms with Crippen LogP contribution in [-0.2, 0) is 0 Å². The lowest BCUT2D eigenvalue weighted by molar-refractivity contribution is 0.100. The standard InChI is InChI=1S/C9H7NO.C5H5N.ClH/c1-2-7-4-3-5-8(6-7)9(10)11;1-2-4-6-5-3-1;/h1,3-6H,(H2,10,11);1-5H;1H. The Balaban J connectivity index is 0.000000352. The molecule has 18 heavy (non-hydrogen) atoms. The minimum Gasteiger partial charge on any atom is -0.366 e. The minimum absolute atomic E-state index is 0. The van der Waals surface area contributed by atoms with E-state index < -0.39 is 5.91 Å². The summed E-state index contributed by atoms with van der Waals surface area (Å²) in [7, 11) is 0. The molecule has 3 nitrogen and oxygen atoms in total. The smallest absolute Gasteiger partial charge is 0.248 e. The molecule has 0 aliphatic carbocycles. The third-order valence-electron chi connectivity index (χ3n) is 1.88. The third-order valence-corrected chi connectivity index (χ3v) is 1.88. The molecule has 0 saturated heterocycles. The molecule has 1 amide bonds. The van der Waals surface area contributed by atoms with Crippen molar-refractivity contribution in [2.24, 2.45) is 5.73 Å². The van der Waals surface area contributed by atoms with Gasteiger partial charge in [-0.25, -0.2) is 0 Å². The maximum Gasteiger partial charge on any atom is 0.248 e. The van der Waals surface area contributed by atoms with Crippen LogP contribution in [0.25, 0.3) is 0 Å². The second kappa shape index (κ2) is 8.80. The van der Waals surface area contributed by atoms with E-state index in [1.807, 2.05) is 18.2 Å². The Bertz CT molecular complexity index is 494. The molecular weight excluding hydrogens is 248 g/mol. The van der Waals surface area contributed by atoms with Crippen molar-refractivity contribution in [2.75, 3.05) is 0 Å².